The van der Waals surface area contributed by atoms with Crippen LogP contribution in [-0.2, 0) is 4.79 Å². The molecule has 1 aliphatic heterocycles. The number of aromatic nitrogens is 5. The summed E-state index contributed by atoms with van der Waals surface area (Å²) in [6.07, 6.45) is 5.26. The van der Waals surface area contributed by atoms with Crippen molar-refractivity contribution in [1.29, 1.82) is 0 Å². The normalized spacial score (nSPS) is 14.6. The standard InChI is InChI=1S/C22H19FN8O3/c23-16-13-25-21(31-7-6-26-28-31)18-17(16)15(12-24-18)19(32)22(33)30-10-8-29(9-11-30)20(27-34)14-4-2-1-3-5-14/h1-7,12-13,24,34H,8-11H2/b27-20-. The van der Waals surface area contributed by atoms with Crippen LogP contribution in [0.4, 0.5) is 4.39 Å². The number of carbonyl (C=O) groups excluding carboxylic acids is 2. The summed E-state index contributed by atoms with van der Waals surface area (Å²) in [6, 6.07) is 9.18. The van der Waals surface area contributed by atoms with Crippen molar-refractivity contribution in [3.63, 3.8) is 0 Å². The van der Waals surface area contributed by atoms with Crippen LogP contribution < -0.4 is 0 Å². The maximum absolute atomic E-state index is 14.7. The predicted molar refractivity (Wildman–Crippen MR) is 118 cm³/mol. The van der Waals surface area contributed by atoms with Gasteiger partial charge in [-0.15, -0.1) is 5.10 Å². The van der Waals surface area contributed by atoms with Crippen LogP contribution >= 0.6 is 0 Å². The fourth-order valence-electron chi connectivity index (χ4n) is 4.04. The first-order valence-electron chi connectivity index (χ1n) is 10.5. The number of amidine groups is 1. The zero-order valence-corrected chi connectivity index (χ0v) is 17.8. The van der Waals surface area contributed by atoms with Gasteiger partial charge in [-0.2, -0.15) is 0 Å². The van der Waals surface area contributed by atoms with Crippen molar-refractivity contribution in [2.24, 2.45) is 5.16 Å². The molecule has 0 radical (unpaired) electrons. The van der Waals surface area contributed by atoms with Crippen molar-refractivity contribution in [1.82, 2.24) is 34.8 Å². The Bertz CT molecular complexity index is 1380. The number of pyridine rings is 1. The molecule has 5 rings (SSSR count). The quantitative estimate of drug-likeness (QED) is 0.117. The van der Waals surface area contributed by atoms with Gasteiger partial charge in [0.05, 0.1) is 35.1 Å². The number of ketones is 1. The zero-order valence-electron chi connectivity index (χ0n) is 17.8. The fourth-order valence-corrected chi connectivity index (χ4v) is 4.04. The van der Waals surface area contributed by atoms with Crippen LogP contribution in [0.15, 0.2) is 60.3 Å². The number of amides is 1. The second-order valence-electron chi connectivity index (χ2n) is 7.63. The number of piperazine rings is 1. The van der Waals surface area contributed by atoms with E-state index in [4.69, 9.17) is 0 Å². The number of carbonyl (C=O) groups is 2. The molecule has 11 nitrogen and oxygen atoms in total. The number of oxime groups is 1. The molecule has 12 heteroatoms. The first kappa shape index (κ1) is 21.2. The number of nitrogens with one attached hydrogen (secondary N) is 1. The molecule has 1 aromatic carbocycles. The highest BCUT2D eigenvalue weighted by Crippen LogP contribution is 2.26. The molecule has 172 valence electrons. The lowest BCUT2D eigenvalue weighted by molar-refractivity contribution is -0.127. The molecule has 0 atom stereocenters. The summed E-state index contributed by atoms with van der Waals surface area (Å²) in [5.74, 6) is -1.64. The van der Waals surface area contributed by atoms with Crippen molar-refractivity contribution >= 4 is 28.4 Å². The SMILES string of the molecule is O=C(C(=O)N1CCN(/C(=N\O)c2ccccc2)CC1)c1c[nH]c2c(-n3ccnn3)ncc(F)c12. The van der Waals surface area contributed by atoms with Crippen molar-refractivity contribution in [2.75, 3.05) is 26.2 Å². The molecule has 0 bridgehead atoms. The Morgan fingerprint density at radius 3 is 2.50 bits per heavy atom. The van der Waals surface area contributed by atoms with E-state index in [1.54, 1.807) is 0 Å². The number of hydrogen-bond acceptors (Lipinski definition) is 7. The highest BCUT2D eigenvalue weighted by molar-refractivity contribution is 6.45. The van der Waals surface area contributed by atoms with E-state index < -0.39 is 17.5 Å². The number of benzene rings is 1. The summed E-state index contributed by atoms with van der Waals surface area (Å²) >= 11 is 0. The van der Waals surface area contributed by atoms with E-state index in [1.807, 2.05) is 35.2 Å². The van der Waals surface area contributed by atoms with Crippen molar-refractivity contribution in [3.05, 3.63) is 72.1 Å². The van der Waals surface area contributed by atoms with Crippen LogP contribution in [-0.4, -0.2) is 83.7 Å². The molecule has 34 heavy (non-hydrogen) atoms. The van der Waals surface area contributed by atoms with Crippen molar-refractivity contribution in [3.8, 4) is 5.82 Å². The Balaban J connectivity index is 1.35. The van der Waals surface area contributed by atoms with Crippen LogP contribution in [0, 0.1) is 5.82 Å². The number of halogens is 1. The van der Waals surface area contributed by atoms with Crippen molar-refractivity contribution < 1.29 is 19.2 Å². The van der Waals surface area contributed by atoms with Crippen LogP contribution in [0.3, 0.4) is 0 Å². The molecule has 1 saturated heterocycles. The molecule has 0 saturated carbocycles. The first-order valence-corrected chi connectivity index (χ1v) is 10.5. The third-order valence-corrected chi connectivity index (χ3v) is 5.71. The lowest BCUT2D eigenvalue weighted by atomic mass is 10.1. The molecule has 1 amide bonds. The maximum Gasteiger partial charge on any atom is 0.295 e. The molecule has 0 aliphatic carbocycles. The van der Waals surface area contributed by atoms with Gasteiger partial charge in [-0.3, -0.25) is 9.59 Å². The topological polar surface area (TPSA) is 133 Å². The van der Waals surface area contributed by atoms with E-state index in [-0.39, 0.29) is 35.4 Å². The third kappa shape index (κ3) is 3.64. The summed E-state index contributed by atoms with van der Waals surface area (Å²) in [5.41, 5.74) is 0.899. The molecule has 0 spiro atoms. The van der Waals surface area contributed by atoms with Gasteiger partial charge in [-0.25, -0.2) is 14.1 Å². The summed E-state index contributed by atoms with van der Waals surface area (Å²) in [6.45, 7) is 1.23. The molecule has 1 fully saturated rings. The molecule has 4 heterocycles. The molecule has 1 aliphatic rings. The van der Waals surface area contributed by atoms with Gasteiger partial charge in [0, 0.05) is 37.9 Å². The van der Waals surface area contributed by atoms with Crippen LogP contribution in [0.2, 0.25) is 0 Å². The van der Waals surface area contributed by atoms with E-state index in [0.717, 1.165) is 11.8 Å². The third-order valence-electron chi connectivity index (χ3n) is 5.71. The summed E-state index contributed by atoms with van der Waals surface area (Å²) in [7, 11) is 0. The van der Waals surface area contributed by atoms with Gasteiger partial charge < -0.3 is 20.0 Å². The maximum atomic E-state index is 14.7. The smallest absolute Gasteiger partial charge is 0.295 e. The van der Waals surface area contributed by atoms with E-state index in [1.165, 1.54) is 28.2 Å². The molecular formula is C22H19FN8O3. The zero-order chi connectivity index (χ0) is 23.7. The first-order chi connectivity index (χ1) is 16.6. The Morgan fingerprint density at radius 2 is 1.82 bits per heavy atom. The minimum Gasteiger partial charge on any atom is -0.409 e. The van der Waals surface area contributed by atoms with E-state index in [2.05, 4.69) is 25.4 Å². The molecule has 0 unspecified atom stereocenters. The molecule has 2 N–H and O–H groups in total. The van der Waals surface area contributed by atoms with E-state index in [0.29, 0.717) is 18.9 Å². The lowest BCUT2D eigenvalue weighted by Gasteiger charge is -2.35. The van der Waals surface area contributed by atoms with Crippen LogP contribution in [0.5, 0.6) is 0 Å². The largest absolute Gasteiger partial charge is 0.409 e. The summed E-state index contributed by atoms with van der Waals surface area (Å²) in [5, 5.41) is 20.4. The summed E-state index contributed by atoms with van der Waals surface area (Å²) in [4.78, 5) is 36.1. The fraction of sp³-hybridized carbons (Fsp3) is 0.182. The number of Topliss-reactive ketones (excluding diaryl/α,β-unsaturated/α-hetero) is 1. The monoisotopic (exact) mass is 462 g/mol. The minimum atomic E-state index is -0.826. The van der Waals surface area contributed by atoms with Gasteiger partial charge in [-0.05, 0) is 0 Å². The molecular weight excluding hydrogens is 443 g/mol. The summed E-state index contributed by atoms with van der Waals surface area (Å²) < 4.78 is 16.0. The van der Waals surface area contributed by atoms with Crippen LogP contribution in [0.1, 0.15) is 15.9 Å². The van der Waals surface area contributed by atoms with E-state index >= 15 is 0 Å². The van der Waals surface area contributed by atoms with E-state index in [9.17, 15) is 19.2 Å². The average Bonchev–Trinajstić information content (AvgIpc) is 3.56. The average molecular weight is 462 g/mol. The minimum absolute atomic E-state index is 0.0312. The van der Waals surface area contributed by atoms with Gasteiger partial charge in [0.15, 0.2) is 17.5 Å². The lowest BCUT2D eigenvalue weighted by Crippen LogP contribution is -2.52. The highest BCUT2D eigenvalue weighted by Gasteiger charge is 2.31. The Hall–Kier alpha value is -4.61. The Morgan fingerprint density at radius 1 is 1.09 bits per heavy atom. The van der Waals surface area contributed by atoms with Gasteiger partial charge in [-0.1, -0.05) is 40.7 Å². The number of nitrogens with zero attached hydrogens (tertiary/aromatic N) is 7. The number of hydrogen-bond donors (Lipinski definition) is 2. The van der Waals surface area contributed by atoms with Crippen molar-refractivity contribution in [2.45, 2.75) is 0 Å². The van der Waals surface area contributed by atoms with Gasteiger partial charge in [0.2, 0.25) is 0 Å². The number of aromatic amines is 1. The van der Waals surface area contributed by atoms with Gasteiger partial charge >= 0.3 is 0 Å². The number of H-pyrrole nitrogens is 1. The highest BCUT2D eigenvalue weighted by atomic mass is 19.1. The number of rotatable bonds is 4. The second-order valence-corrected chi connectivity index (χ2v) is 7.63. The number of fused-ring (bicyclic) bond motifs is 1. The molecule has 3 aromatic heterocycles. The van der Waals surface area contributed by atoms with Crippen LogP contribution in [0.25, 0.3) is 16.7 Å². The van der Waals surface area contributed by atoms with Gasteiger partial charge in [0.1, 0.15) is 0 Å². The van der Waals surface area contributed by atoms with Gasteiger partial charge in [0.25, 0.3) is 11.7 Å². The second kappa shape index (κ2) is 8.73. The molecule has 4 aromatic rings. The predicted octanol–water partition coefficient (Wildman–Crippen LogP) is 1.45. The Kier molecular flexibility index (Phi) is 5.46. The Labute approximate surface area is 192 Å².